The van der Waals surface area contributed by atoms with Gasteiger partial charge in [-0.2, -0.15) is 4.98 Å². The fourth-order valence-corrected chi connectivity index (χ4v) is 5.05. The number of hydrogen-bond acceptors (Lipinski definition) is 13. The highest BCUT2D eigenvalue weighted by Gasteiger charge is 2.56. The third kappa shape index (κ3) is 7.60. The fraction of sp³-hybridized carbons (Fsp3) is 0.522. The lowest BCUT2D eigenvalue weighted by molar-refractivity contribution is -0.170. The van der Waals surface area contributed by atoms with Gasteiger partial charge in [-0.3, -0.25) is 9.09 Å². The molecule has 0 spiro atoms. The van der Waals surface area contributed by atoms with E-state index in [-0.39, 0.29) is 46.3 Å². The zero-order chi connectivity index (χ0) is 31.2. The van der Waals surface area contributed by atoms with E-state index in [1.54, 1.807) is 6.92 Å². The summed E-state index contributed by atoms with van der Waals surface area (Å²) in [6.45, 7) is 4.63. The molecule has 1 aliphatic heterocycles. The minimum absolute atomic E-state index is 0.0153. The molecular formula is C23H28Cl2N7O9P. The zero-order valence-electron chi connectivity index (χ0n) is 22.5. The van der Waals surface area contributed by atoms with Crippen molar-refractivity contribution >= 4 is 43.2 Å². The number of aliphatic hydroxyl groups excluding tert-OH is 2. The highest BCUT2D eigenvalue weighted by Crippen LogP contribution is 2.45. The molecule has 0 amide bonds. The van der Waals surface area contributed by atoms with Gasteiger partial charge < -0.3 is 35.1 Å². The lowest BCUT2D eigenvalue weighted by atomic mass is 10.1. The molecule has 228 valence electrons. The average molecular weight is 648 g/mol. The van der Waals surface area contributed by atoms with Crippen LogP contribution >= 0.6 is 31.4 Å². The summed E-state index contributed by atoms with van der Waals surface area (Å²) in [6, 6.07) is 2.76. The van der Waals surface area contributed by atoms with Crippen molar-refractivity contribution in [3.8, 4) is 11.5 Å². The molecule has 42 heavy (non-hydrogen) atoms. The SMILES string of the molecule is CCOC(=O)[C@H](CC(C)C)N=[P+]([O-])Oc1ccc(Cl)c(Cl)c1OC[C@@]1(N=[N+]=[N-])O[C@@H](n2ccc(N)nc2=O)[C@H](O)[C@@H]1O. The van der Waals surface area contributed by atoms with Crippen molar-refractivity contribution in [2.75, 3.05) is 18.9 Å². The Balaban J connectivity index is 1.92. The first-order chi connectivity index (χ1) is 19.8. The highest BCUT2D eigenvalue weighted by atomic mass is 35.5. The number of esters is 1. The number of hydrogen-bond donors (Lipinski definition) is 3. The van der Waals surface area contributed by atoms with E-state index >= 15 is 0 Å². The molecule has 1 saturated heterocycles. The minimum Gasteiger partial charge on any atom is -0.575 e. The number of rotatable bonds is 12. The second-order valence-corrected chi connectivity index (χ2v) is 11.0. The Hall–Kier alpha value is -3.20. The van der Waals surface area contributed by atoms with E-state index in [1.807, 2.05) is 13.8 Å². The molecule has 1 aromatic heterocycles. The quantitative estimate of drug-likeness (QED) is 0.0994. The second kappa shape index (κ2) is 14.3. The number of nitrogens with two attached hydrogens (primary N) is 1. The number of carbonyl (C=O) groups excluding carboxylic acids is 1. The Kier molecular flexibility index (Phi) is 11.4. The van der Waals surface area contributed by atoms with E-state index in [0.717, 1.165) is 4.57 Å². The number of nitrogens with zero attached hydrogens (tertiary/aromatic N) is 6. The minimum atomic E-state index is -2.87. The second-order valence-electron chi connectivity index (χ2n) is 9.34. The fourth-order valence-electron chi connectivity index (χ4n) is 3.91. The molecule has 4 N–H and O–H groups in total. The van der Waals surface area contributed by atoms with Crippen LogP contribution in [-0.2, 0) is 14.3 Å². The van der Waals surface area contributed by atoms with Crippen LogP contribution in [0.2, 0.25) is 10.0 Å². The Morgan fingerprint density at radius 2 is 2.10 bits per heavy atom. The number of benzene rings is 1. The topological polar surface area (TPSA) is 240 Å². The Bertz CT molecular complexity index is 1440. The van der Waals surface area contributed by atoms with Gasteiger partial charge in [-0.15, -0.1) is 0 Å². The van der Waals surface area contributed by atoms with Crippen LogP contribution in [0.3, 0.4) is 0 Å². The van der Waals surface area contributed by atoms with Crippen molar-refractivity contribution in [3.05, 3.63) is 55.4 Å². The van der Waals surface area contributed by atoms with Crippen LogP contribution in [0.15, 0.2) is 39.0 Å². The van der Waals surface area contributed by atoms with Gasteiger partial charge >= 0.3 is 19.8 Å². The number of aromatic nitrogens is 2. The predicted molar refractivity (Wildman–Crippen MR) is 149 cm³/mol. The summed E-state index contributed by atoms with van der Waals surface area (Å²) in [7, 11) is -2.87. The van der Waals surface area contributed by atoms with Gasteiger partial charge in [-0.05, 0) is 43.0 Å². The standard InChI is InChI=1S/C23H28Cl2N7O9P/c1-4-38-21(35)13(9-11(2)3)29-42(37)41-14-6-5-12(24)16(25)18(14)39-10-23(30-31-27)19(34)17(33)20(40-23)32-8-7-15(26)28-22(32)36/h5-8,11,13,17,19-20,33-34H,4,9-10H2,1-3H3,(H2,26,28,36)/t13-,17+,19-,20+,23+/m0/s1. The third-order valence-corrected chi connectivity index (χ3v) is 7.45. The predicted octanol–water partition coefficient (Wildman–Crippen LogP) is 2.68. The maximum Gasteiger partial charge on any atom is 0.395 e. The molecule has 0 saturated carbocycles. The molecule has 0 radical (unpaired) electrons. The summed E-state index contributed by atoms with van der Waals surface area (Å²) in [6.07, 6.45) is -3.86. The molecule has 0 bridgehead atoms. The van der Waals surface area contributed by atoms with Gasteiger partial charge in [-0.1, -0.05) is 46.9 Å². The van der Waals surface area contributed by atoms with Gasteiger partial charge in [0.05, 0.1) is 11.6 Å². The van der Waals surface area contributed by atoms with E-state index in [9.17, 15) is 30.2 Å². The van der Waals surface area contributed by atoms with Crippen LogP contribution in [0.1, 0.15) is 33.4 Å². The van der Waals surface area contributed by atoms with E-state index in [0.29, 0.717) is 0 Å². The number of halogens is 2. The molecule has 1 fully saturated rings. The normalized spacial score (nSPS) is 22.9. The van der Waals surface area contributed by atoms with Gasteiger partial charge in [0, 0.05) is 11.1 Å². The zero-order valence-corrected chi connectivity index (χ0v) is 24.9. The first-order valence-corrected chi connectivity index (χ1v) is 14.3. The maximum absolute atomic E-state index is 12.8. The lowest BCUT2D eigenvalue weighted by Gasteiger charge is -2.27. The number of ether oxygens (including phenoxy) is 3. The highest BCUT2D eigenvalue weighted by molar-refractivity contribution is 7.34. The van der Waals surface area contributed by atoms with Crippen molar-refractivity contribution in [2.24, 2.45) is 15.8 Å². The largest absolute Gasteiger partial charge is 0.575 e. The van der Waals surface area contributed by atoms with Crippen LogP contribution in [0.5, 0.6) is 11.5 Å². The average Bonchev–Trinajstić information content (AvgIpc) is 3.15. The molecule has 16 nitrogen and oxygen atoms in total. The van der Waals surface area contributed by atoms with Crippen molar-refractivity contribution in [3.63, 3.8) is 0 Å². The van der Waals surface area contributed by atoms with Crippen LogP contribution in [0.4, 0.5) is 5.82 Å². The van der Waals surface area contributed by atoms with E-state index in [1.165, 1.54) is 24.4 Å². The number of carbonyl (C=O) groups is 1. The van der Waals surface area contributed by atoms with Crippen molar-refractivity contribution in [2.45, 2.75) is 57.4 Å². The third-order valence-electron chi connectivity index (χ3n) is 5.84. The van der Waals surface area contributed by atoms with Crippen molar-refractivity contribution in [1.29, 1.82) is 0 Å². The number of anilines is 1. The number of aliphatic hydroxyl groups is 2. The van der Waals surface area contributed by atoms with Crippen molar-refractivity contribution < 1.29 is 38.6 Å². The summed E-state index contributed by atoms with van der Waals surface area (Å²) in [5.41, 5.74) is 11.5. The summed E-state index contributed by atoms with van der Waals surface area (Å²) >= 11 is 12.5. The van der Waals surface area contributed by atoms with Crippen LogP contribution in [-0.4, -0.2) is 62.9 Å². The molecule has 19 heteroatoms. The molecule has 1 unspecified atom stereocenters. The van der Waals surface area contributed by atoms with Gasteiger partial charge in [0.2, 0.25) is 11.5 Å². The molecule has 2 aromatic rings. The monoisotopic (exact) mass is 647 g/mol. The number of nitrogen functional groups attached to an aromatic ring is 1. The smallest absolute Gasteiger partial charge is 0.395 e. The maximum atomic E-state index is 12.8. The Morgan fingerprint density at radius 3 is 2.71 bits per heavy atom. The summed E-state index contributed by atoms with van der Waals surface area (Å²) < 4.78 is 26.6. The summed E-state index contributed by atoms with van der Waals surface area (Å²) in [4.78, 5) is 43.7. The first-order valence-electron chi connectivity index (χ1n) is 12.4. The molecular weight excluding hydrogens is 620 g/mol. The number of azide groups is 1. The molecule has 1 aromatic carbocycles. The molecule has 0 aliphatic carbocycles. The summed E-state index contributed by atoms with van der Waals surface area (Å²) in [5, 5.41) is 24.7. The van der Waals surface area contributed by atoms with E-state index < -0.39 is 56.6 Å². The molecule has 1 aliphatic rings. The van der Waals surface area contributed by atoms with E-state index in [4.69, 9.17) is 47.7 Å². The van der Waals surface area contributed by atoms with Gasteiger partial charge in [0.15, 0.2) is 18.0 Å². The molecule has 2 heterocycles. The Labute approximate surface area is 250 Å². The lowest BCUT2D eigenvalue weighted by Crippen LogP contribution is -2.46. The van der Waals surface area contributed by atoms with Gasteiger partial charge in [0.25, 0.3) is 0 Å². The van der Waals surface area contributed by atoms with Gasteiger partial charge in [0.1, 0.15) is 29.7 Å². The van der Waals surface area contributed by atoms with Crippen LogP contribution in [0.25, 0.3) is 10.4 Å². The van der Waals surface area contributed by atoms with E-state index in [2.05, 4.69) is 19.8 Å². The summed E-state index contributed by atoms with van der Waals surface area (Å²) in [5.74, 6) is -1.30. The molecule has 3 rings (SSSR count). The Morgan fingerprint density at radius 1 is 1.38 bits per heavy atom. The van der Waals surface area contributed by atoms with Crippen LogP contribution < -0.4 is 25.6 Å². The first kappa shape index (κ1) is 33.3. The van der Waals surface area contributed by atoms with Gasteiger partial charge in [-0.25, -0.2) is 9.59 Å². The van der Waals surface area contributed by atoms with Crippen molar-refractivity contribution in [1.82, 2.24) is 9.55 Å². The van der Waals surface area contributed by atoms with Crippen LogP contribution in [0, 0.1) is 5.92 Å². The molecule has 6 atom stereocenters.